The fourth-order valence-electron chi connectivity index (χ4n) is 5.42. The number of amides is 2. The largest absolute Gasteiger partial charge is 0.347 e. The highest BCUT2D eigenvalue weighted by molar-refractivity contribution is 6.31. The fourth-order valence-corrected chi connectivity index (χ4v) is 5.77. The predicted octanol–water partition coefficient (Wildman–Crippen LogP) is 4.97. The van der Waals surface area contributed by atoms with Crippen LogP contribution in [0.4, 0.5) is 10.1 Å². The van der Waals surface area contributed by atoms with E-state index in [1.807, 2.05) is 6.07 Å². The summed E-state index contributed by atoms with van der Waals surface area (Å²) in [5.41, 5.74) is 0.128. The summed E-state index contributed by atoms with van der Waals surface area (Å²) in [6.45, 7) is 6.23. The van der Waals surface area contributed by atoms with Crippen molar-refractivity contribution in [3.05, 3.63) is 63.4 Å². The van der Waals surface area contributed by atoms with E-state index in [9.17, 15) is 9.59 Å². The minimum absolute atomic E-state index is 0.0484. The summed E-state index contributed by atoms with van der Waals surface area (Å²) in [6.07, 6.45) is 0.582. The van der Waals surface area contributed by atoms with Crippen LogP contribution < -0.4 is 10.6 Å². The van der Waals surface area contributed by atoms with Crippen LogP contribution in [-0.4, -0.2) is 42.9 Å². The van der Waals surface area contributed by atoms with Crippen LogP contribution in [0.1, 0.15) is 44.2 Å². The molecule has 2 aliphatic rings. The van der Waals surface area contributed by atoms with Crippen LogP contribution in [0, 0.1) is 11.2 Å². The molecule has 1 fully saturated rings. The zero-order valence-corrected chi connectivity index (χ0v) is 20.8. The Kier molecular flexibility index (Phi) is 6.00. The van der Waals surface area contributed by atoms with Crippen LogP contribution in [0.15, 0.2) is 36.4 Å². The predicted molar refractivity (Wildman–Crippen MR) is 129 cm³/mol. The fraction of sp³-hybridized carbons (Fsp3) is 0.440. The topological polar surface area (TPSA) is 61.4 Å². The van der Waals surface area contributed by atoms with E-state index in [1.54, 1.807) is 38.4 Å². The molecule has 1 spiro atoms. The normalized spacial score (nSPS) is 26.4. The van der Waals surface area contributed by atoms with Gasteiger partial charge in [0.25, 0.3) is 0 Å². The van der Waals surface area contributed by atoms with Gasteiger partial charge in [0.2, 0.25) is 11.8 Å². The molecule has 0 aromatic heterocycles. The molecule has 2 N–H and O–H groups in total. The van der Waals surface area contributed by atoms with E-state index in [0.717, 1.165) is 0 Å². The third-order valence-corrected chi connectivity index (χ3v) is 7.17. The van der Waals surface area contributed by atoms with Crippen molar-refractivity contribution in [2.24, 2.45) is 5.41 Å². The number of nitrogens with zero attached hydrogens (tertiary/aromatic N) is 1. The number of carbonyl (C=O) groups is 2. The maximum absolute atomic E-state index is 15.5. The van der Waals surface area contributed by atoms with Crippen molar-refractivity contribution >= 4 is 40.7 Å². The first kappa shape index (κ1) is 24.0. The Hall–Kier alpha value is -2.15. The number of halogens is 3. The Morgan fingerprint density at radius 3 is 2.52 bits per heavy atom. The van der Waals surface area contributed by atoms with Gasteiger partial charge in [-0.25, -0.2) is 4.39 Å². The van der Waals surface area contributed by atoms with Gasteiger partial charge >= 0.3 is 0 Å². The van der Waals surface area contributed by atoms with Crippen molar-refractivity contribution in [3.8, 4) is 0 Å². The molecule has 4 rings (SSSR count). The molecule has 4 atom stereocenters. The number of anilines is 1. The molecule has 0 radical (unpaired) electrons. The minimum atomic E-state index is -1.23. The number of hydrogen-bond donors (Lipinski definition) is 2. The Morgan fingerprint density at radius 1 is 1.18 bits per heavy atom. The molecule has 0 unspecified atom stereocenters. The average Bonchev–Trinajstić information content (AvgIpc) is 3.18. The van der Waals surface area contributed by atoms with E-state index in [1.165, 1.54) is 11.0 Å². The lowest BCUT2D eigenvalue weighted by atomic mass is 9.62. The molecular formula is C25H28Cl2FN3O2. The number of benzene rings is 2. The first-order valence-electron chi connectivity index (χ1n) is 10.9. The molecule has 1 saturated heterocycles. The van der Waals surface area contributed by atoms with Gasteiger partial charge in [0.15, 0.2) is 0 Å². The molecule has 2 aromatic carbocycles. The van der Waals surface area contributed by atoms with Gasteiger partial charge in [-0.3, -0.25) is 9.59 Å². The molecule has 0 saturated carbocycles. The summed E-state index contributed by atoms with van der Waals surface area (Å²) in [5, 5.41) is 6.85. The number of likely N-dealkylation sites (N-methyl/N-ethyl adjacent to an activating group) is 1. The molecule has 8 heteroatoms. The highest BCUT2D eigenvalue weighted by Crippen LogP contribution is 2.57. The monoisotopic (exact) mass is 491 g/mol. The van der Waals surface area contributed by atoms with E-state index in [2.05, 4.69) is 31.4 Å². The van der Waals surface area contributed by atoms with Gasteiger partial charge in [-0.2, -0.15) is 0 Å². The minimum Gasteiger partial charge on any atom is -0.347 e. The Labute approximate surface area is 203 Å². The van der Waals surface area contributed by atoms with E-state index < -0.39 is 29.2 Å². The smallest absolute Gasteiger partial charge is 0.239 e. The molecule has 2 aliphatic heterocycles. The standard InChI is InChI=1S/C25H28Cl2FN3O2/c1-24(2,3)12-18-25(15-10-9-13(26)11-17(15)29-23(25)33)19(21(30-18)22(32)31(4)5)14-7-6-8-16(27)20(14)28/h6-11,18-19,21,30H,12H2,1-5H3,(H,29,33)/t18-,19-,21+,25+/m0/s1. The van der Waals surface area contributed by atoms with Crippen molar-refractivity contribution in [2.75, 3.05) is 19.4 Å². The first-order valence-corrected chi connectivity index (χ1v) is 11.7. The van der Waals surface area contributed by atoms with E-state index in [0.29, 0.717) is 22.7 Å². The van der Waals surface area contributed by atoms with E-state index in [-0.39, 0.29) is 27.8 Å². The number of nitrogens with one attached hydrogen (secondary N) is 2. The highest BCUT2D eigenvalue weighted by Gasteiger charge is 2.66. The molecule has 176 valence electrons. The lowest BCUT2D eigenvalue weighted by Crippen LogP contribution is -2.49. The van der Waals surface area contributed by atoms with Gasteiger partial charge in [-0.05, 0) is 41.2 Å². The third kappa shape index (κ3) is 3.82. The maximum atomic E-state index is 15.5. The van der Waals surface area contributed by atoms with Crippen LogP contribution in [0.25, 0.3) is 0 Å². The molecule has 2 heterocycles. The van der Waals surface area contributed by atoms with Crippen LogP contribution >= 0.6 is 23.2 Å². The Bertz CT molecular complexity index is 1130. The zero-order valence-electron chi connectivity index (χ0n) is 19.3. The van der Waals surface area contributed by atoms with Gasteiger partial charge in [-0.15, -0.1) is 0 Å². The van der Waals surface area contributed by atoms with Gasteiger partial charge in [0.05, 0.1) is 11.1 Å². The van der Waals surface area contributed by atoms with Crippen molar-refractivity contribution in [1.82, 2.24) is 10.2 Å². The van der Waals surface area contributed by atoms with Crippen molar-refractivity contribution in [3.63, 3.8) is 0 Å². The van der Waals surface area contributed by atoms with Crippen LogP contribution in [0.3, 0.4) is 0 Å². The second kappa shape index (κ2) is 8.26. The van der Waals surface area contributed by atoms with Crippen LogP contribution in [-0.2, 0) is 15.0 Å². The second-order valence-corrected chi connectivity index (χ2v) is 11.2. The molecule has 2 amide bonds. The summed E-state index contributed by atoms with van der Waals surface area (Å²) >= 11 is 12.4. The number of fused-ring (bicyclic) bond motifs is 2. The molecule has 2 aromatic rings. The van der Waals surface area contributed by atoms with Crippen LogP contribution in [0.5, 0.6) is 0 Å². The highest BCUT2D eigenvalue weighted by atomic mass is 35.5. The third-order valence-electron chi connectivity index (χ3n) is 6.65. The quantitative estimate of drug-likeness (QED) is 0.636. The average molecular weight is 492 g/mol. The van der Waals surface area contributed by atoms with Crippen molar-refractivity contribution < 1.29 is 14.0 Å². The van der Waals surface area contributed by atoms with Crippen molar-refractivity contribution in [1.29, 1.82) is 0 Å². The number of carbonyl (C=O) groups excluding carboxylic acids is 2. The number of hydrogen-bond acceptors (Lipinski definition) is 3. The summed E-state index contributed by atoms with van der Waals surface area (Å²) in [7, 11) is 3.31. The van der Waals surface area contributed by atoms with E-state index in [4.69, 9.17) is 23.2 Å². The summed E-state index contributed by atoms with van der Waals surface area (Å²) < 4.78 is 15.5. The summed E-state index contributed by atoms with van der Waals surface area (Å²) in [5.74, 6) is -1.94. The maximum Gasteiger partial charge on any atom is 0.239 e. The number of rotatable bonds is 3. The summed E-state index contributed by atoms with van der Waals surface area (Å²) in [6, 6.07) is 8.71. The lowest BCUT2D eigenvalue weighted by Gasteiger charge is -2.37. The van der Waals surface area contributed by atoms with Crippen molar-refractivity contribution in [2.45, 2.75) is 50.6 Å². The summed E-state index contributed by atoms with van der Waals surface area (Å²) in [4.78, 5) is 28.8. The Balaban J connectivity index is 2.05. The SMILES string of the molecule is CN(C)C(=O)[C@@H]1N[C@@H](CC(C)(C)C)[C@@]2(C(=O)Nc3cc(Cl)ccc32)[C@H]1c1cccc(Cl)c1F. The van der Waals surface area contributed by atoms with Crippen LogP contribution in [0.2, 0.25) is 10.0 Å². The lowest BCUT2D eigenvalue weighted by molar-refractivity contribution is -0.131. The molecule has 5 nitrogen and oxygen atoms in total. The second-order valence-electron chi connectivity index (χ2n) is 10.3. The molecule has 0 bridgehead atoms. The van der Waals surface area contributed by atoms with Gasteiger partial charge in [-0.1, -0.05) is 62.2 Å². The van der Waals surface area contributed by atoms with E-state index >= 15 is 4.39 Å². The molecular weight excluding hydrogens is 464 g/mol. The first-order chi connectivity index (χ1) is 15.4. The van der Waals surface area contributed by atoms with Gasteiger partial charge in [0.1, 0.15) is 11.2 Å². The molecule has 33 heavy (non-hydrogen) atoms. The molecule has 0 aliphatic carbocycles. The van der Waals surface area contributed by atoms with Gasteiger partial charge < -0.3 is 15.5 Å². The Morgan fingerprint density at radius 2 is 1.88 bits per heavy atom. The zero-order chi connectivity index (χ0) is 24.3. The van der Waals surface area contributed by atoms with Gasteiger partial charge in [0, 0.05) is 36.8 Å².